The van der Waals surface area contributed by atoms with Crippen molar-refractivity contribution in [3.63, 3.8) is 0 Å². The molecular weight excluding hydrogens is 254 g/mol. The van der Waals surface area contributed by atoms with E-state index >= 15 is 0 Å². The topological polar surface area (TPSA) is 56.3 Å². The molecule has 0 amide bonds. The predicted octanol–water partition coefficient (Wildman–Crippen LogP) is 2.34. The molecule has 5 heteroatoms. The Morgan fingerprint density at radius 2 is 1.85 bits per heavy atom. The van der Waals surface area contributed by atoms with Gasteiger partial charge in [0.15, 0.2) is 0 Å². The van der Waals surface area contributed by atoms with Crippen LogP contribution in [0.3, 0.4) is 0 Å². The van der Waals surface area contributed by atoms with E-state index in [4.69, 9.17) is 9.47 Å². The number of ether oxygens (including phenoxy) is 2. The SMILES string of the molecule is CNC(c1nccnc1OC)C(OC)C1CCCCC1. The van der Waals surface area contributed by atoms with E-state index in [-0.39, 0.29) is 12.1 Å². The monoisotopic (exact) mass is 279 g/mol. The molecule has 1 N–H and O–H groups in total. The van der Waals surface area contributed by atoms with Crippen LogP contribution in [-0.4, -0.2) is 37.3 Å². The van der Waals surface area contributed by atoms with Gasteiger partial charge in [-0.15, -0.1) is 0 Å². The molecule has 1 saturated carbocycles. The average molecular weight is 279 g/mol. The lowest BCUT2D eigenvalue weighted by molar-refractivity contribution is 0.00764. The van der Waals surface area contributed by atoms with Crippen molar-refractivity contribution in [2.45, 2.75) is 44.2 Å². The Labute approximate surface area is 121 Å². The van der Waals surface area contributed by atoms with E-state index < -0.39 is 0 Å². The summed E-state index contributed by atoms with van der Waals surface area (Å²) in [5.74, 6) is 1.14. The van der Waals surface area contributed by atoms with E-state index in [1.807, 2.05) is 7.05 Å². The zero-order chi connectivity index (χ0) is 14.4. The molecule has 0 saturated heterocycles. The smallest absolute Gasteiger partial charge is 0.237 e. The third kappa shape index (κ3) is 3.27. The molecule has 1 aliphatic carbocycles. The molecule has 1 heterocycles. The zero-order valence-corrected chi connectivity index (χ0v) is 12.6. The van der Waals surface area contributed by atoms with E-state index in [1.54, 1.807) is 26.6 Å². The Balaban J connectivity index is 2.23. The highest BCUT2D eigenvalue weighted by Crippen LogP contribution is 2.35. The number of nitrogens with zero attached hydrogens (tertiary/aromatic N) is 2. The Morgan fingerprint density at radius 3 is 2.45 bits per heavy atom. The minimum absolute atomic E-state index is 0.00625. The molecule has 1 aromatic rings. The fourth-order valence-electron chi connectivity index (χ4n) is 3.23. The van der Waals surface area contributed by atoms with Crippen LogP contribution < -0.4 is 10.1 Å². The lowest BCUT2D eigenvalue weighted by atomic mass is 9.82. The number of likely N-dealkylation sites (N-methyl/N-ethyl adjacent to an activating group) is 1. The van der Waals surface area contributed by atoms with Crippen molar-refractivity contribution in [1.29, 1.82) is 0 Å². The van der Waals surface area contributed by atoms with Crippen molar-refractivity contribution in [3.8, 4) is 5.88 Å². The maximum atomic E-state index is 5.81. The molecule has 2 atom stereocenters. The summed E-state index contributed by atoms with van der Waals surface area (Å²) in [4.78, 5) is 8.70. The average Bonchev–Trinajstić information content (AvgIpc) is 2.53. The van der Waals surface area contributed by atoms with E-state index in [2.05, 4.69) is 15.3 Å². The minimum Gasteiger partial charge on any atom is -0.480 e. The third-order valence-electron chi connectivity index (χ3n) is 4.21. The highest BCUT2D eigenvalue weighted by Gasteiger charge is 2.33. The quantitative estimate of drug-likeness (QED) is 0.866. The summed E-state index contributed by atoms with van der Waals surface area (Å²) < 4.78 is 11.2. The van der Waals surface area contributed by atoms with E-state index in [0.717, 1.165) is 5.69 Å². The Hall–Kier alpha value is -1.20. The van der Waals surface area contributed by atoms with E-state index in [1.165, 1.54) is 32.1 Å². The molecule has 20 heavy (non-hydrogen) atoms. The first-order chi connectivity index (χ1) is 9.81. The molecule has 0 aromatic carbocycles. The maximum Gasteiger partial charge on any atom is 0.237 e. The summed E-state index contributed by atoms with van der Waals surface area (Å²) in [7, 11) is 5.35. The molecule has 1 fully saturated rings. The molecule has 0 radical (unpaired) electrons. The van der Waals surface area contributed by atoms with Gasteiger partial charge in [0.05, 0.1) is 19.3 Å². The first-order valence-electron chi connectivity index (χ1n) is 7.36. The number of aromatic nitrogens is 2. The first kappa shape index (κ1) is 15.2. The minimum atomic E-state index is 0.00625. The van der Waals surface area contributed by atoms with Crippen LogP contribution in [-0.2, 0) is 4.74 Å². The summed E-state index contributed by atoms with van der Waals surface area (Å²) in [6.07, 6.45) is 9.82. The number of nitrogens with one attached hydrogen (secondary N) is 1. The fraction of sp³-hybridized carbons (Fsp3) is 0.733. The van der Waals surface area contributed by atoms with Gasteiger partial charge in [0.2, 0.25) is 5.88 Å². The van der Waals surface area contributed by atoms with Crippen LogP contribution in [0.1, 0.15) is 43.8 Å². The van der Waals surface area contributed by atoms with Gasteiger partial charge in [0.1, 0.15) is 5.69 Å². The zero-order valence-electron chi connectivity index (χ0n) is 12.6. The first-order valence-corrected chi connectivity index (χ1v) is 7.36. The molecule has 0 bridgehead atoms. The Kier molecular flexibility index (Phi) is 5.73. The van der Waals surface area contributed by atoms with Crippen molar-refractivity contribution in [1.82, 2.24) is 15.3 Å². The fourth-order valence-corrected chi connectivity index (χ4v) is 3.23. The molecule has 112 valence electrons. The van der Waals surface area contributed by atoms with Gasteiger partial charge in [-0.25, -0.2) is 4.98 Å². The summed E-state index contributed by atoms with van der Waals surface area (Å²) >= 11 is 0. The molecule has 1 aromatic heterocycles. The van der Waals surface area contributed by atoms with Gasteiger partial charge in [0.25, 0.3) is 0 Å². The van der Waals surface area contributed by atoms with Gasteiger partial charge >= 0.3 is 0 Å². The molecule has 0 spiro atoms. The summed E-state index contributed by atoms with van der Waals surface area (Å²) in [6, 6.07) is 0.00625. The lowest BCUT2D eigenvalue weighted by Crippen LogP contribution is -2.38. The molecular formula is C15H25N3O2. The van der Waals surface area contributed by atoms with Gasteiger partial charge < -0.3 is 14.8 Å². The summed E-state index contributed by atoms with van der Waals surface area (Å²) in [5.41, 5.74) is 0.829. The maximum absolute atomic E-state index is 5.81. The van der Waals surface area contributed by atoms with Crippen LogP contribution in [0.15, 0.2) is 12.4 Å². The Morgan fingerprint density at radius 1 is 1.15 bits per heavy atom. The van der Waals surface area contributed by atoms with Crippen molar-refractivity contribution in [2.75, 3.05) is 21.3 Å². The van der Waals surface area contributed by atoms with Gasteiger partial charge in [-0.2, -0.15) is 0 Å². The van der Waals surface area contributed by atoms with Gasteiger partial charge in [0, 0.05) is 19.5 Å². The van der Waals surface area contributed by atoms with Crippen molar-refractivity contribution < 1.29 is 9.47 Å². The van der Waals surface area contributed by atoms with Crippen molar-refractivity contribution in [2.24, 2.45) is 5.92 Å². The van der Waals surface area contributed by atoms with E-state index in [9.17, 15) is 0 Å². The highest BCUT2D eigenvalue weighted by atomic mass is 16.5. The van der Waals surface area contributed by atoms with E-state index in [0.29, 0.717) is 11.8 Å². The predicted molar refractivity (Wildman–Crippen MR) is 77.8 cm³/mol. The standard InChI is InChI=1S/C15H25N3O2/c1-16-12(13-15(20-3)18-10-9-17-13)14(19-2)11-7-5-4-6-8-11/h9-12,14,16H,4-8H2,1-3H3. The summed E-state index contributed by atoms with van der Waals surface area (Å²) in [5, 5.41) is 3.33. The summed E-state index contributed by atoms with van der Waals surface area (Å²) in [6.45, 7) is 0. The number of hydrogen-bond acceptors (Lipinski definition) is 5. The molecule has 2 unspecified atom stereocenters. The van der Waals surface area contributed by atoms with Crippen LogP contribution in [0.5, 0.6) is 5.88 Å². The van der Waals surface area contributed by atoms with Crippen molar-refractivity contribution >= 4 is 0 Å². The molecule has 0 aliphatic heterocycles. The molecule has 5 nitrogen and oxygen atoms in total. The van der Waals surface area contributed by atoms with Crippen molar-refractivity contribution in [3.05, 3.63) is 18.1 Å². The van der Waals surface area contributed by atoms with Crippen LogP contribution in [0.2, 0.25) is 0 Å². The second kappa shape index (κ2) is 7.55. The largest absolute Gasteiger partial charge is 0.480 e. The van der Waals surface area contributed by atoms with Gasteiger partial charge in [-0.05, 0) is 25.8 Å². The lowest BCUT2D eigenvalue weighted by Gasteiger charge is -2.34. The van der Waals surface area contributed by atoms with Crippen LogP contribution >= 0.6 is 0 Å². The van der Waals surface area contributed by atoms with Crippen LogP contribution in [0.4, 0.5) is 0 Å². The number of hydrogen-bond donors (Lipinski definition) is 1. The van der Waals surface area contributed by atoms with Gasteiger partial charge in [-0.3, -0.25) is 4.98 Å². The van der Waals surface area contributed by atoms with Crippen LogP contribution in [0, 0.1) is 5.92 Å². The molecule has 1 aliphatic rings. The van der Waals surface area contributed by atoms with Crippen LogP contribution in [0.25, 0.3) is 0 Å². The molecule has 2 rings (SSSR count). The highest BCUT2D eigenvalue weighted by molar-refractivity contribution is 5.22. The van der Waals surface area contributed by atoms with Gasteiger partial charge in [-0.1, -0.05) is 19.3 Å². The number of rotatable bonds is 6. The second-order valence-corrected chi connectivity index (χ2v) is 5.32. The second-order valence-electron chi connectivity index (χ2n) is 5.32. The Bertz CT molecular complexity index is 408. The third-order valence-corrected chi connectivity index (χ3v) is 4.21. The number of methoxy groups -OCH3 is 2. The normalized spacial score (nSPS) is 19.6.